The molecule has 2 aromatic carbocycles. The molecule has 1 fully saturated rings. The van der Waals surface area contributed by atoms with E-state index in [1.165, 1.54) is 16.7 Å². The van der Waals surface area contributed by atoms with Crippen molar-refractivity contribution >= 4 is 77.8 Å². The maximum absolute atomic E-state index is 13.1. The van der Waals surface area contributed by atoms with Crippen molar-refractivity contribution in [1.29, 1.82) is 0 Å². The van der Waals surface area contributed by atoms with E-state index in [1.807, 2.05) is 54.6 Å². The van der Waals surface area contributed by atoms with Gasteiger partial charge in [-0.3, -0.25) is 14.7 Å². The van der Waals surface area contributed by atoms with Crippen molar-refractivity contribution in [2.24, 2.45) is 0 Å². The highest BCUT2D eigenvalue weighted by atomic mass is 79.9. The van der Waals surface area contributed by atoms with Crippen molar-refractivity contribution in [2.45, 2.75) is 6.61 Å². The van der Waals surface area contributed by atoms with Gasteiger partial charge >= 0.3 is 0 Å². The Hall–Kier alpha value is -2.20. The fourth-order valence-electron chi connectivity index (χ4n) is 3.05. The van der Waals surface area contributed by atoms with Crippen LogP contribution in [0.15, 0.2) is 74.6 Å². The van der Waals surface area contributed by atoms with Gasteiger partial charge in [0, 0.05) is 10.7 Å². The molecular formula is C23H16Br2N2O3S2. The molecule has 1 aromatic heterocycles. The Kier molecular flexibility index (Phi) is 7.30. The van der Waals surface area contributed by atoms with E-state index in [0.29, 0.717) is 31.8 Å². The minimum absolute atomic E-state index is 0.163. The van der Waals surface area contributed by atoms with Crippen LogP contribution in [0.2, 0.25) is 0 Å². The van der Waals surface area contributed by atoms with Crippen molar-refractivity contribution < 1.29 is 14.3 Å². The van der Waals surface area contributed by atoms with Gasteiger partial charge in [-0.05, 0) is 70.0 Å². The molecule has 0 N–H and O–H groups in total. The van der Waals surface area contributed by atoms with Gasteiger partial charge in [-0.1, -0.05) is 52.0 Å². The number of hydrogen-bond acceptors (Lipinski definition) is 6. The zero-order valence-electron chi connectivity index (χ0n) is 16.7. The summed E-state index contributed by atoms with van der Waals surface area (Å²) in [6.45, 7) is 0.306. The Morgan fingerprint density at radius 3 is 2.72 bits per heavy atom. The Labute approximate surface area is 212 Å². The summed E-state index contributed by atoms with van der Waals surface area (Å²) in [5.74, 6) is 0.949. The number of halogens is 2. The third-order valence-electron chi connectivity index (χ3n) is 4.50. The lowest BCUT2D eigenvalue weighted by molar-refractivity contribution is -0.113. The molecule has 32 heavy (non-hydrogen) atoms. The number of thiocarbonyl (C=S) groups is 1. The van der Waals surface area contributed by atoms with Gasteiger partial charge in [-0.15, -0.1) is 0 Å². The third kappa shape index (κ3) is 5.06. The van der Waals surface area contributed by atoms with E-state index in [9.17, 15) is 4.79 Å². The predicted octanol–water partition coefficient (Wildman–Crippen LogP) is 6.60. The van der Waals surface area contributed by atoms with Crippen LogP contribution >= 0.6 is 55.8 Å². The molecule has 1 aliphatic rings. The molecule has 2 heterocycles. The summed E-state index contributed by atoms with van der Waals surface area (Å²) < 4.78 is 13.5. The fraction of sp³-hybridized carbons (Fsp3) is 0.0870. The molecule has 1 amide bonds. The van der Waals surface area contributed by atoms with Crippen LogP contribution in [0.5, 0.6) is 11.5 Å². The number of benzene rings is 2. The number of ether oxygens (including phenoxy) is 2. The van der Waals surface area contributed by atoms with E-state index >= 15 is 0 Å². The van der Waals surface area contributed by atoms with Gasteiger partial charge < -0.3 is 9.47 Å². The van der Waals surface area contributed by atoms with Crippen molar-refractivity contribution in [3.8, 4) is 11.5 Å². The van der Waals surface area contributed by atoms with Crippen molar-refractivity contribution in [3.63, 3.8) is 0 Å². The van der Waals surface area contributed by atoms with Crippen LogP contribution in [0.3, 0.4) is 0 Å². The summed E-state index contributed by atoms with van der Waals surface area (Å²) in [5.41, 5.74) is 2.32. The molecular weight excluding hydrogens is 576 g/mol. The smallest absolute Gasteiger partial charge is 0.270 e. The third-order valence-corrected chi connectivity index (χ3v) is 6.88. The first-order valence-electron chi connectivity index (χ1n) is 9.40. The predicted molar refractivity (Wildman–Crippen MR) is 139 cm³/mol. The molecule has 1 saturated heterocycles. The number of pyridine rings is 1. The largest absolute Gasteiger partial charge is 0.493 e. The molecule has 0 aliphatic carbocycles. The standard InChI is InChI=1S/C23H16Br2N2O3S2/c1-29-19-10-14(9-18(25)21(19)30-13-16-6-2-3-8-26-16)11-20-22(28)27(23(31)32-20)17-7-4-5-15(24)12-17/h2-12H,13H2,1H3/b20-11+. The molecule has 0 saturated carbocycles. The first-order chi connectivity index (χ1) is 15.5. The fourth-order valence-corrected chi connectivity index (χ4v) is 5.31. The Balaban J connectivity index is 1.59. The zero-order chi connectivity index (χ0) is 22.7. The lowest BCUT2D eigenvalue weighted by atomic mass is 10.1. The van der Waals surface area contributed by atoms with Gasteiger partial charge in [0.15, 0.2) is 15.8 Å². The summed E-state index contributed by atoms with van der Waals surface area (Å²) in [6.07, 6.45) is 3.52. The van der Waals surface area contributed by atoms with E-state index in [0.717, 1.165) is 21.4 Å². The Bertz CT molecular complexity index is 1220. The second kappa shape index (κ2) is 10.2. The van der Waals surface area contributed by atoms with Crippen LogP contribution in [0, 0.1) is 0 Å². The average molecular weight is 592 g/mol. The number of hydrogen-bond donors (Lipinski definition) is 0. The summed E-state index contributed by atoms with van der Waals surface area (Å²) in [5, 5.41) is 0. The SMILES string of the molecule is COc1cc(/C=C2/SC(=S)N(c3cccc(Br)c3)C2=O)cc(Br)c1OCc1ccccn1. The summed E-state index contributed by atoms with van der Waals surface area (Å²) in [4.78, 5) is 19.4. The van der Waals surface area contributed by atoms with E-state index in [2.05, 4.69) is 36.8 Å². The first kappa shape index (κ1) is 23.0. The lowest BCUT2D eigenvalue weighted by Crippen LogP contribution is -2.27. The maximum atomic E-state index is 13.1. The molecule has 4 rings (SSSR count). The Morgan fingerprint density at radius 1 is 1.16 bits per heavy atom. The first-order valence-corrected chi connectivity index (χ1v) is 12.2. The quantitative estimate of drug-likeness (QED) is 0.238. The molecule has 162 valence electrons. The van der Waals surface area contributed by atoms with Crippen molar-refractivity contribution in [2.75, 3.05) is 12.0 Å². The summed E-state index contributed by atoms with van der Waals surface area (Å²) in [7, 11) is 1.58. The van der Waals surface area contributed by atoms with Crippen LogP contribution in [0.25, 0.3) is 6.08 Å². The molecule has 9 heteroatoms. The van der Waals surface area contributed by atoms with E-state index in [1.54, 1.807) is 19.4 Å². The molecule has 1 aliphatic heterocycles. The van der Waals surface area contributed by atoms with Crippen LogP contribution in [0.4, 0.5) is 5.69 Å². The molecule has 0 radical (unpaired) electrons. The van der Waals surface area contributed by atoms with Crippen LogP contribution < -0.4 is 14.4 Å². The molecule has 0 unspecified atom stereocenters. The van der Waals surface area contributed by atoms with Gasteiger partial charge in [0.05, 0.1) is 27.9 Å². The van der Waals surface area contributed by atoms with Crippen molar-refractivity contribution in [1.82, 2.24) is 4.98 Å². The average Bonchev–Trinajstić information content (AvgIpc) is 3.06. The number of aromatic nitrogens is 1. The van der Waals surface area contributed by atoms with Gasteiger partial charge in [0.2, 0.25) is 0 Å². The number of amides is 1. The van der Waals surface area contributed by atoms with Crippen LogP contribution in [-0.4, -0.2) is 22.3 Å². The minimum Gasteiger partial charge on any atom is -0.493 e. The molecule has 5 nitrogen and oxygen atoms in total. The highest BCUT2D eigenvalue weighted by molar-refractivity contribution is 9.10. The minimum atomic E-state index is -0.163. The van der Waals surface area contributed by atoms with Crippen LogP contribution in [0.1, 0.15) is 11.3 Å². The number of rotatable bonds is 6. The topological polar surface area (TPSA) is 51.7 Å². The monoisotopic (exact) mass is 590 g/mol. The van der Waals surface area contributed by atoms with E-state index in [4.69, 9.17) is 21.7 Å². The van der Waals surface area contributed by atoms with E-state index < -0.39 is 0 Å². The number of carbonyl (C=O) groups excluding carboxylic acids is 1. The Morgan fingerprint density at radius 2 is 2.00 bits per heavy atom. The van der Waals surface area contributed by atoms with E-state index in [-0.39, 0.29) is 5.91 Å². The van der Waals surface area contributed by atoms with Gasteiger partial charge in [-0.2, -0.15) is 0 Å². The second-order valence-electron chi connectivity index (χ2n) is 6.64. The molecule has 3 aromatic rings. The highest BCUT2D eigenvalue weighted by Gasteiger charge is 2.33. The zero-order valence-corrected chi connectivity index (χ0v) is 21.6. The number of anilines is 1. The summed E-state index contributed by atoms with van der Waals surface area (Å²) >= 11 is 13.7. The second-order valence-corrected chi connectivity index (χ2v) is 10.1. The number of carbonyl (C=O) groups is 1. The van der Waals surface area contributed by atoms with Gasteiger partial charge in [-0.25, -0.2) is 0 Å². The highest BCUT2D eigenvalue weighted by Crippen LogP contribution is 2.40. The molecule has 0 bridgehead atoms. The maximum Gasteiger partial charge on any atom is 0.270 e. The van der Waals surface area contributed by atoms with Gasteiger partial charge in [0.1, 0.15) is 6.61 Å². The van der Waals surface area contributed by atoms with Crippen molar-refractivity contribution in [3.05, 3.63) is 85.9 Å². The lowest BCUT2D eigenvalue weighted by Gasteiger charge is -2.14. The van der Waals surface area contributed by atoms with Crippen LogP contribution in [-0.2, 0) is 11.4 Å². The number of thioether (sulfide) groups is 1. The summed E-state index contributed by atoms with van der Waals surface area (Å²) in [6, 6.07) is 16.8. The normalized spacial score (nSPS) is 14.8. The number of methoxy groups -OCH3 is 1. The number of nitrogens with zero attached hydrogens (tertiary/aromatic N) is 2. The van der Waals surface area contributed by atoms with Gasteiger partial charge in [0.25, 0.3) is 5.91 Å². The molecule has 0 spiro atoms. The molecule has 0 atom stereocenters.